The van der Waals surface area contributed by atoms with E-state index in [9.17, 15) is 19.4 Å². The van der Waals surface area contributed by atoms with Gasteiger partial charge >= 0.3 is 0 Å². The monoisotopic (exact) mass is 1010 g/mol. The Morgan fingerprint density at radius 2 is 0.859 bits per heavy atom. The lowest BCUT2D eigenvalue weighted by atomic mass is 10.0. The van der Waals surface area contributed by atoms with Crippen LogP contribution < -0.4 is 10.2 Å². The number of hydrogen-bond acceptors (Lipinski definition) is 6. The van der Waals surface area contributed by atoms with E-state index in [2.05, 4.69) is 92.1 Å². The van der Waals surface area contributed by atoms with Crippen molar-refractivity contribution in [2.24, 2.45) is 0 Å². The first-order valence-electron chi connectivity index (χ1n) is 29.4. The van der Waals surface area contributed by atoms with Gasteiger partial charge in [-0.2, -0.15) is 0 Å². The summed E-state index contributed by atoms with van der Waals surface area (Å²) in [6.07, 6.45) is 73.6. The highest BCUT2D eigenvalue weighted by Crippen LogP contribution is 2.38. The number of allylic oxidation sites excluding steroid dienone is 13. The van der Waals surface area contributed by atoms with Crippen LogP contribution in [0.15, 0.2) is 85.1 Å². The Bertz CT molecular complexity index is 1430. The lowest BCUT2D eigenvalue weighted by molar-refractivity contribution is -0.870. The van der Waals surface area contributed by atoms with Crippen LogP contribution in [0.25, 0.3) is 0 Å². The van der Waals surface area contributed by atoms with Gasteiger partial charge in [0.1, 0.15) is 13.2 Å². The van der Waals surface area contributed by atoms with Crippen molar-refractivity contribution in [1.29, 1.82) is 0 Å². The van der Waals surface area contributed by atoms with Crippen molar-refractivity contribution >= 4 is 13.7 Å². The first kappa shape index (κ1) is 68.7. The molecule has 0 aromatic carbocycles. The van der Waals surface area contributed by atoms with Crippen molar-refractivity contribution in [2.75, 3.05) is 40.9 Å². The van der Waals surface area contributed by atoms with Gasteiger partial charge in [-0.25, -0.2) is 0 Å². The summed E-state index contributed by atoms with van der Waals surface area (Å²) in [5.41, 5.74) is 0. The van der Waals surface area contributed by atoms with Gasteiger partial charge in [0.15, 0.2) is 0 Å². The number of hydrogen-bond donors (Lipinski definition) is 2. The summed E-state index contributed by atoms with van der Waals surface area (Å²) < 4.78 is 23.4. The largest absolute Gasteiger partial charge is 0.756 e. The number of phosphoric ester groups is 1. The average molecular weight is 1010 g/mol. The van der Waals surface area contributed by atoms with E-state index < -0.39 is 20.0 Å². The number of nitrogens with zero attached hydrogens (tertiary/aromatic N) is 1. The third-order valence-electron chi connectivity index (χ3n) is 12.9. The molecule has 9 heteroatoms. The zero-order valence-corrected chi connectivity index (χ0v) is 47.8. The van der Waals surface area contributed by atoms with E-state index in [-0.39, 0.29) is 19.1 Å². The maximum atomic E-state index is 13.0. The third kappa shape index (κ3) is 55.3. The number of aliphatic hydroxyl groups is 1. The minimum atomic E-state index is -4.60. The number of carbonyl (C=O) groups excluding carboxylic acids is 1. The minimum absolute atomic E-state index is 0.00507. The number of amides is 1. The van der Waals surface area contributed by atoms with Crippen molar-refractivity contribution in [1.82, 2.24) is 5.32 Å². The van der Waals surface area contributed by atoms with Crippen LogP contribution in [-0.2, 0) is 18.4 Å². The van der Waals surface area contributed by atoms with E-state index in [0.29, 0.717) is 17.4 Å². The van der Waals surface area contributed by atoms with Crippen LogP contribution in [-0.4, -0.2) is 68.5 Å². The molecule has 0 spiro atoms. The fraction of sp³-hybridized carbons (Fsp3) is 0.758. The summed E-state index contributed by atoms with van der Waals surface area (Å²) in [4.78, 5) is 25.5. The summed E-state index contributed by atoms with van der Waals surface area (Å²) in [6.45, 7) is 4.55. The second-order valence-electron chi connectivity index (χ2n) is 21.0. The predicted octanol–water partition coefficient (Wildman–Crippen LogP) is 17.4. The van der Waals surface area contributed by atoms with Gasteiger partial charge in [0.25, 0.3) is 7.82 Å². The Morgan fingerprint density at radius 1 is 0.507 bits per heavy atom. The summed E-state index contributed by atoms with van der Waals surface area (Å²) in [7, 11) is 1.25. The van der Waals surface area contributed by atoms with Gasteiger partial charge in [0.05, 0.1) is 39.9 Å². The van der Waals surface area contributed by atoms with Crippen LogP contribution >= 0.6 is 7.82 Å². The van der Waals surface area contributed by atoms with Crippen LogP contribution in [0, 0.1) is 0 Å². The number of rotatable bonds is 53. The molecule has 0 aliphatic heterocycles. The molecule has 0 rings (SSSR count). The molecular formula is C62H113N2O6P. The SMILES string of the molecule is CC/C=C\C/C=C\C/C=C\C/C=C\C/C=C\C/C=C\CCCCCCCCCCCCC(=O)NC(COP(=O)([O-])OCC[N+](C)(C)C)C(O)/C=C/CCCCCCCCCCCCCCCCCCCC. The Hall–Kier alpha value is -2.32. The van der Waals surface area contributed by atoms with Gasteiger partial charge in [-0.3, -0.25) is 9.36 Å². The van der Waals surface area contributed by atoms with Crippen molar-refractivity contribution in [3.8, 4) is 0 Å². The van der Waals surface area contributed by atoms with E-state index >= 15 is 0 Å². The Balaban J connectivity index is 4.22. The molecule has 0 aliphatic rings. The molecular weight excluding hydrogens is 900 g/mol. The van der Waals surface area contributed by atoms with Gasteiger partial charge in [0, 0.05) is 6.42 Å². The molecule has 0 aromatic heterocycles. The molecule has 0 saturated carbocycles. The zero-order valence-electron chi connectivity index (χ0n) is 46.9. The molecule has 0 saturated heterocycles. The van der Waals surface area contributed by atoms with Crippen LogP contribution in [0.3, 0.4) is 0 Å². The van der Waals surface area contributed by atoms with Gasteiger partial charge < -0.3 is 28.8 Å². The maximum absolute atomic E-state index is 13.0. The lowest BCUT2D eigenvalue weighted by Gasteiger charge is -2.29. The fourth-order valence-electron chi connectivity index (χ4n) is 8.28. The number of phosphoric acid groups is 1. The van der Waals surface area contributed by atoms with Crippen molar-refractivity contribution < 1.29 is 32.9 Å². The normalized spacial score (nSPS) is 14.5. The van der Waals surface area contributed by atoms with E-state index in [1.165, 1.54) is 148 Å². The highest BCUT2D eigenvalue weighted by atomic mass is 31.2. The van der Waals surface area contributed by atoms with Crippen molar-refractivity contribution in [3.63, 3.8) is 0 Å². The molecule has 0 aliphatic carbocycles. The highest BCUT2D eigenvalue weighted by Gasteiger charge is 2.23. The van der Waals surface area contributed by atoms with Crippen molar-refractivity contribution in [2.45, 2.75) is 264 Å². The lowest BCUT2D eigenvalue weighted by Crippen LogP contribution is -2.45. The third-order valence-corrected chi connectivity index (χ3v) is 13.8. The fourth-order valence-corrected chi connectivity index (χ4v) is 9.00. The maximum Gasteiger partial charge on any atom is 0.268 e. The van der Waals surface area contributed by atoms with E-state index in [4.69, 9.17) is 9.05 Å². The first-order chi connectivity index (χ1) is 34.5. The van der Waals surface area contributed by atoms with Gasteiger partial charge in [0.2, 0.25) is 5.91 Å². The number of nitrogens with one attached hydrogen (secondary N) is 1. The topological polar surface area (TPSA) is 108 Å². The van der Waals surface area contributed by atoms with Crippen LogP contribution in [0.5, 0.6) is 0 Å². The molecule has 0 bridgehead atoms. The second-order valence-corrected chi connectivity index (χ2v) is 22.4. The second kappa shape index (κ2) is 52.5. The minimum Gasteiger partial charge on any atom is -0.756 e. The number of aliphatic hydroxyl groups excluding tert-OH is 1. The molecule has 0 radical (unpaired) electrons. The summed E-state index contributed by atoms with van der Waals surface area (Å²) in [5.74, 6) is -0.203. The molecule has 71 heavy (non-hydrogen) atoms. The zero-order chi connectivity index (χ0) is 52.0. The number of likely N-dealkylation sites (N-methyl/N-ethyl adjacent to an activating group) is 1. The Labute approximate surface area is 439 Å². The van der Waals surface area contributed by atoms with Crippen LogP contribution in [0.2, 0.25) is 0 Å². The standard InChI is InChI=1S/C62H113N2O6P/c1-6-8-10-12-14-16-18-20-22-24-26-28-29-30-31-32-33-34-35-36-38-40-42-44-46-48-50-52-54-56-62(66)63-60(59-70-71(67,68)69-58-57-64(3,4)5)61(65)55-53-51-49-47-45-43-41-39-37-27-25-23-21-19-17-15-13-11-9-7-2/h8,10,14,16,20,22,26,28,30-31,33-34,53,55,60-61,65H,6-7,9,11-13,15,17-19,21,23-25,27,29,32,35-52,54,56-59H2,1-5H3,(H-,63,66,67,68)/b10-8-,16-14-,22-20-,28-26-,31-30-,34-33-,55-53+. The van der Waals surface area contributed by atoms with Crippen LogP contribution in [0.1, 0.15) is 251 Å². The summed E-state index contributed by atoms with van der Waals surface area (Å²) in [5, 5.41) is 13.9. The van der Waals surface area contributed by atoms with Crippen LogP contribution in [0.4, 0.5) is 0 Å². The molecule has 2 N–H and O–H groups in total. The molecule has 3 unspecified atom stereocenters. The summed E-state index contributed by atoms with van der Waals surface area (Å²) in [6, 6.07) is -0.894. The van der Waals surface area contributed by atoms with Gasteiger partial charge in [-0.1, -0.05) is 259 Å². The van der Waals surface area contributed by atoms with E-state index in [0.717, 1.165) is 83.5 Å². The quantitative estimate of drug-likeness (QED) is 0.0272. The molecule has 0 heterocycles. The molecule has 1 amide bonds. The van der Waals surface area contributed by atoms with Gasteiger partial charge in [-0.15, -0.1) is 0 Å². The van der Waals surface area contributed by atoms with Gasteiger partial charge in [-0.05, 0) is 70.6 Å². The average Bonchev–Trinajstić information content (AvgIpc) is 3.33. The molecule has 0 aromatic rings. The first-order valence-corrected chi connectivity index (χ1v) is 30.9. The van der Waals surface area contributed by atoms with E-state index in [1.807, 2.05) is 27.2 Å². The Morgan fingerprint density at radius 3 is 1.25 bits per heavy atom. The van der Waals surface area contributed by atoms with E-state index in [1.54, 1.807) is 6.08 Å². The molecule has 8 nitrogen and oxygen atoms in total. The summed E-state index contributed by atoms with van der Waals surface area (Å²) >= 11 is 0. The number of quaternary nitrogens is 1. The number of carbonyl (C=O) groups is 1. The van der Waals surface area contributed by atoms with Crippen molar-refractivity contribution in [3.05, 3.63) is 85.1 Å². The molecule has 3 atom stereocenters. The highest BCUT2D eigenvalue weighted by molar-refractivity contribution is 7.45. The smallest absolute Gasteiger partial charge is 0.268 e. The predicted molar refractivity (Wildman–Crippen MR) is 307 cm³/mol. The number of unbranched alkanes of at least 4 members (excludes halogenated alkanes) is 28. The molecule has 412 valence electrons. The Kier molecular flexibility index (Phi) is 50.8. The molecule has 0 fully saturated rings.